The van der Waals surface area contributed by atoms with Crippen molar-refractivity contribution in [3.8, 4) is 0 Å². The maximum absolute atomic E-state index is 10.9. The summed E-state index contributed by atoms with van der Waals surface area (Å²) in [6, 6.07) is 0. The van der Waals surface area contributed by atoms with E-state index >= 15 is 0 Å². The normalized spacial score (nSPS) is 42.1. The van der Waals surface area contributed by atoms with Gasteiger partial charge in [0.25, 0.3) is 0 Å². The van der Waals surface area contributed by atoms with Gasteiger partial charge in [0.2, 0.25) is 5.79 Å². The zero-order valence-corrected chi connectivity index (χ0v) is 14.3. The molecule has 4 atom stereocenters. The molecule has 2 heterocycles. The maximum atomic E-state index is 10.9. The van der Waals surface area contributed by atoms with Crippen LogP contribution in [-0.4, -0.2) is 49.0 Å². The number of alkyl halides is 2. The number of fused-ring (bicyclic) bond motifs is 1. The third-order valence-corrected chi connectivity index (χ3v) is 5.92. The molecular formula is C9H15Br2NO6S. The van der Waals surface area contributed by atoms with Gasteiger partial charge in [-0.2, -0.15) is 8.42 Å². The van der Waals surface area contributed by atoms with Gasteiger partial charge in [0.05, 0.1) is 16.3 Å². The van der Waals surface area contributed by atoms with Crippen molar-refractivity contribution in [3.05, 3.63) is 0 Å². The lowest BCUT2D eigenvalue weighted by molar-refractivity contribution is -0.272. The second-order valence-electron chi connectivity index (χ2n) is 4.88. The molecule has 0 unspecified atom stereocenters. The van der Waals surface area contributed by atoms with Crippen molar-refractivity contribution in [2.24, 2.45) is 5.14 Å². The predicted octanol–water partition coefficient (Wildman–Crippen LogP) is 0.612. The first-order valence-electron chi connectivity index (χ1n) is 5.52. The summed E-state index contributed by atoms with van der Waals surface area (Å²) >= 11 is 6.95. The maximum Gasteiger partial charge on any atom is 0.333 e. The molecule has 19 heavy (non-hydrogen) atoms. The molecule has 2 rings (SSSR count). The molecule has 2 fully saturated rings. The van der Waals surface area contributed by atoms with Crippen molar-refractivity contribution in [1.29, 1.82) is 0 Å². The monoisotopic (exact) mass is 423 g/mol. The Labute approximate surface area is 128 Å². The van der Waals surface area contributed by atoms with Gasteiger partial charge in [-0.05, 0) is 13.8 Å². The number of hydrogen-bond donors (Lipinski definition) is 1. The molecule has 7 nitrogen and oxygen atoms in total. The summed E-state index contributed by atoms with van der Waals surface area (Å²) < 4.78 is 43.6. The zero-order valence-electron chi connectivity index (χ0n) is 10.3. The van der Waals surface area contributed by atoms with Crippen LogP contribution in [0.15, 0.2) is 0 Å². The third-order valence-electron chi connectivity index (χ3n) is 2.81. The number of nitrogens with two attached hydrogens (primary N) is 1. The Hall–Kier alpha value is 0.710. The van der Waals surface area contributed by atoms with E-state index in [4.69, 9.17) is 19.3 Å². The van der Waals surface area contributed by atoms with Gasteiger partial charge < -0.3 is 14.2 Å². The number of hydrogen-bond acceptors (Lipinski definition) is 6. The Kier molecular flexibility index (Phi) is 4.37. The standard InChI is InChI=1S/C9H15Br2NO6S/c1-8(2)17-7-6(11)5(10)3-15-9(7,18-8)4-16-19(12,13)14/h5-7H,3-4H2,1-2H3,(H2,12,13,14)/t5-,6+,7-,9-/m0/s1. The zero-order chi connectivity index (χ0) is 14.5. The molecule has 10 heteroatoms. The highest BCUT2D eigenvalue weighted by Gasteiger charge is 2.61. The Morgan fingerprint density at radius 2 is 2.05 bits per heavy atom. The van der Waals surface area contributed by atoms with Crippen LogP contribution in [0.1, 0.15) is 13.8 Å². The summed E-state index contributed by atoms with van der Waals surface area (Å²) in [4.78, 5) is -0.107. The van der Waals surface area contributed by atoms with Gasteiger partial charge >= 0.3 is 10.3 Å². The lowest BCUT2D eigenvalue weighted by Gasteiger charge is -2.40. The highest BCUT2D eigenvalue weighted by Crippen LogP contribution is 2.45. The second-order valence-corrected chi connectivity index (χ2v) is 8.33. The van der Waals surface area contributed by atoms with Crippen molar-refractivity contribution < 1.29 is 26.8 Å². The van der Waals surface area contributed by atoms with Crippen LogP contribution >= 0.6 is 31.9 Å². The van der Waals surface area contributed by atoms with Gasteiger partial charge in [-0.15, -0.1) is 0 Å². The first-order chi connectivity index (χ1) is 8.55. The fourth-order valence-corrected chi connectivity index (χ4v) is 3.53. The topological polar surface area (TPSA) is 97.1 Å². The van der Waals surface area contributed by atoms with Crippen LogP contribution in [0.5, 0.6) is 0 Å². The molecule has 112 valence electrons. The van der Waals surface area contributed by atoms with Gasteiger partial charge in [-0.25, -0.2) is 5.14 Å². The van der Waals surface area contributed by atoms with Crippen LogP contribution in [0.2, 0.25) is 0 Å². The van der Waals surface area contributed by atoms with Crippen molar-refractivity contribution in [2.75, 3.05) is 13.2 Å². The molecule has 2 N–H and O–H groups in total. The summed E-state index contributed by atoms with van der Waals surface area (Å²) in [6.07, 6.45) is -0.526. The Morgan fingerprint density at radius 1 is 1.42 bits per heavy atom. The minimum absolute atomic E-state index is 0.0117. The number of rotatable bonds is 3. The SMILES string of the molecule is CC1(C)O[C@H]2[C@H](Br)[C@@H](Br)CO[C@@]2(COS(N)(=O)=O)O1. The lowest BCUT2D eigenvalue weighted by atomic mass is 10.0. The molecule has 2 aliphatic rings. The van der Waals surface area contributed by atoms with Gasteiger partial charge in [0, 0.05) is 0 Å². The summed E-state index contributed by atoms with van der Waals surface area (Å²) in [7, 11) is -4.08. The Morgan fingerprint density at radius 3 is 2.63 bits per heavy atom. The summed E-state index contributed by atoms with van der Waals surface area (Å²) in [5, 5.41) is 4.84. The van der Waals surface area contributed by atoms with E-state index < -0.39 is 28.0 Å². The van der Waals surface area contributed by atoms with E-state index in [1.165, 1.54) is 0 Å². The molecule has 2 aliphatic heterocycles. The molecule has 0 aliphatic carbocycles. The van der Waals surface area contributed by atoms with E-state index in [1.807, 2.05) is 0 Å². The van der Waals surface area contributed by atoms with Crippen LogP contribution in [-0.2, 0) is 28.7 Å². The van der Waals surface area contributed by atoms with E-state index in [-0.39, 0.29) is 16.3 Å². The van der Waals surface area contributed by atoms with Crippen molar-refractivity contribution >= 4 is 42.2 Å². The van der Waals surface area contributed by atoms with Gasteiger partial charge in [-0.1, -0.05) is 31.9 Å². The van der Waals surface area contributed by atoms with Crippen molar-refractivity contribution in [3.63, 3.8) is 0 Å². The first kappa shape index (κ1) is 16.1. The average Bonchev–Trinajstić information content (AvgIpc) is 2.53. The molecular weight excluding hydrogens is 410 g/mol. The number of halogens is 2. The van der Waals surface area contributed by atoms with E-state index in [0.717, 1.165) is 0 Å². The molecule has 0 aromatic carbocycles. The minimum Gasteiger partial charge on any atom is -0.344 e. The molecule has 2 saturated heterocycles. The van der Waals surface area contributed by atoms with Crippen molar-refractivity contribution in [2.45, 2.75) is 41.2 Å². The Balaban J connectivity index is 2.23. The fourth-order valence-electron chi connectivity index (χ4n) is 2.13. The van der Waals surface area contributed by atoms with E-state index in [0.29, 0.717) is 6.61 Å². The van der Waals surface area contributed by atoms with Crippen LogP contribution in [0.4, 0.5) is 0 Å². The smallest absolute Gasteiger partial charge is 0.333 e. The lowest BCUT2D eigenvalue weighted by Crippen LogP contribution is -2.58. The number of ether oxygens (including phenoxy) is 3. The first-order valence-corrected chi connectivity index (χ1v) is 8.82. The van der Waals surface area contributed by atoms with Gasteiger partial charge in [0.1, 0.15) is 12.7 Å². The fraction of sp³-hybridized carbons (Fsp3) is 1.00. The summed E-state index contributed by atoms with van der Waals surface area (Å²) in [6.45, 7) is 3.40. The second kappa shape index (κ2) is 5.16. The third kappa shape index (κ3) is 3.49. The molecule has 0 amide bonds. The molecule has 0 spiro atoms. The van der Waals surface area contributed by atoms with Gasteiger partial charge in [0.15, 0.2) is 5.79 Å². The molecule has 0 bridgehead atoms. The van der Waals surface area contributed by atoms with Crippen LogP contribution in [0.3, 0.4) is 0 Å². The highest BCUT2D eigenvalue weighted by molar-refractivity contribution is 9.12. The van der Waals surface area contributed by atoms with E-state index in [1.54, 1.807) is 13.8 Å². The van der Waals surface area contributed by atoms with Crippen LogP contribution in [0, 0.1) is 0 Å². The van der Waals surface area contributed by atoms with Crippen molar-refractivity contribution in [1.82, 2.24) is 0 Å². The van der Waals surface area contributed by atoms with E-state index in [2.05, 4.69) is 36.0 Å². The van der Waals surface area contributed by atoms with E-state index in [9.17, 15) is 8.42 Å². The average molecular weight is 425 g/mol. The molecule has 0 aromatic heterocycles. The molecule has 0 aromatic rings. The van der Waals surface area contributed by atoms with Crippen LogP contribution in [0.25, 0.3) is 0 Å². The summed E-state index contributed by atoms with van der Waals surface area (Å²) in [5.41, 5.74) is 0. The van der Waals surface area contributed by atoms with Gasteiger partial charge in [-0.3, -0.25) is 4.18 Å². The molecule has 0 radical (unpaired) electrons. The minimum atomic E-state index is -4.08. The largest absolute Gasteiger partial charge is 0.344 e. The van der Waals surface area contributed by atoms with Crippen LogP contribution < -0.4 is 5.14 Å². The summed E-state index contributed by atoms with van der Waals surface area (Å²) in [5.74, 6) is -2.20. The predicted molar refractivity (Wildman–Crippen MR) is 73.2 cm³/mol. The highest BCUT2D eigenvalue weighted by atomic mass is 79.9. The quantitative estimate of drug-likeness (QED) is 0.666. The molecule has 0 saturated carbocycles. The Bertz CT molecular complexity index is 458.